The summed E-state index contributed by atoms with van der Waals surface area (Å²) >= 11 is 2.42. The molecule has 1 heterocycles. The minimum absolute atomic E-state index is 0.144. The number of hydrogen-bond donors (Lipinski definition) is 0. The van der Waals surface area contributed by atoms with Crippen LogP contribution in [0.25, 0.3) is 0 Å². The molecule has 0 aliphatic carbocycles. The van der Waals surface area contributed by atoms with Gasteiger partial charge in [0, 0.05) is 29.5 Å². The van der Waals surface area contributed by atoms with E-state index in [1.165, 1.54) is 13.5 Å². The second-order valence-electron chi connectivity index (χ2n) is 4.87. The first-order valence-corrected chi connectivity index (χ1v) is 7.95. The second-order valence-corrected chi connectivity index (χ2v) is 6.47. The molecule has 0 spiro atoms. The minimum atomic E-state index is -0.144. The molecule has 1 aliphatic rings. The molecule has 3 atom stereocenters. The Labute approximate surface area is 129 Å². The van der Waals surface area contributed by atoms with E-state index in [2.05, 4.69) is 34.6 Å². The quantitative estimate of drug-likeness (QED) is 0.292. The van der Waals surface area contributed by atoms with Crippen LogP contribution in [0.4, 0.5) is 0 Å². The summed E-state index contributed by atoms with van der Waals surface area (Å²) in [4.78, 5) is 16.9. The number of methoxy groups -OCH3 is 2. The van der Waals surface area contributed by atoms with Crippen LogP contribution in [-0.2, 0) is 19.1 Å². The summed E-state index contributed by atoms with van der Waals surface area (Å²) in [5, 5.41) is 2.06. The number of esters is 1. The number of ether oxygens (including phenoxy) is 2. The average Bonchev–Trinajstić information content (AvgIpc) is 2.42. The predicted octanol–water partition coefficient (Wildman–Crippen LogP) is 2.52. The first-order valence-electron chi connectivity index (χ1n) is 6.71. The van der Waals surface area contributed by atoms with Crippen LogP contribution in [0.1, 0.15) is 39.0 Å². The van der Waals surface area contributed by atoms with Crippen LogP contribution < -0.4 is 0 Å². The van der Waals surface area contributed by atoms with Crippen LogP contribution in [0.15, 0.2) is 0 Å². The summed E-state index contributed by atoms with van der Waals surface area (Å²) in [6, 6.07) is 0.730. The van der Waals surface area contributed by atoms with Crippen molar-refractivity contribution in [2.75, 3.05) is 21.0 Å². The zero-order chi connectivity index (χ0) is 14.3. The minimum Gasteiger partial charge on any atom is -0.469 e. The summed E-state index contributed by atoms with van der Waals surface area (Å²) < 4.78 is 10.1. The summed E-state index contributed by atoms with van der Waals surface area (Å²) in [6.07, 6.45) is 4.73. The number of hydrogen-bond acceptors (Lipinski definition) is 5. The molecular weight excluding hydrogens is 361 g/mol. The Hall–Kier alpha value is 0.0800. The van der Waals surface area contributed by atoms with E-state index in [9.17, 15) is 4.79 Å². The van der Waals surface area contributed by atoms with Gasteiger partial charge in [0.2, 0.25) is 0 Å². The number of halogens is 1. The molecule has 112 valence electrons. The highest BCUT2D eigenvalue weighted by molar-refractivity contribution is 14.1. The highest BCUT2D eigenvalue weighted by Crippen LogP contribution is 2.30. The molecule has 19 heavy (non-hydrogen) atoms. The van der Waals surface area contributed by atoms with Crippen LogP contribution in [0.2, 0.25) is 0 Å². The first kappa shape index (κ1) is 17.1. The Morgan fingerprint density at radius 2 is 2.16 bits per heavy atom. The van der Waals surface area contributed by atoms with Crippen molar-refractivity contribution in [1.82, 2.24) is 5.06 Å². The lowest BCUT2D eigenvalue weighted by Gasteiger charge is -2.41. The van der Waals surface area contributed by atoms with E-state index in [0.717, 1.165) is 19.3 Å². The maximum absolute atomic E-state index is 11.2. The Morgan fingerprint density at radius 1 is 1.42 bits per heavy atom. The van der Waals surface area contributed by atoms with Crippen LogP contribution >= 0.6 is 22.6 Å². The van der Waals surface area contributed by atoms with E-state index in [1.807, 2.05) is 0 Å². The molecule has 0 saturated carbocycles. The van der Waals surface area contributed by atoms with Gasteiger partial charge in [0.25, 0.3) is 0 Å². The lowest BCUT2D eigenvalue weighted by atomic mass is 9.95. The summed E-state index contributed by atoms with van der Waals surface area (Å²) in [5.74, 6) is -0.144. The van der Waals surface area contributed by atoms with Gasteiger partial charge in [0.15, 0.2) is 6.79 Å². The number of rotatable bonds is 7. The molecule has 0 amide bonds. The zero-order valence-corrected chi connectivity index (χ0v) is 14.1. The van der Waals surface area contributed by atoms with Crippen molar-refractivity contribution in [3.63, 3.8) is 0 Å². The maximum Gasteiger partial charge on any atom is 0.305 e. The standard InChI is InChI=1S/C13H24INO4/c1-10-5-4-6-12(15(10)19-9-17-2)11(14)7-8-13(16)18-3/h10-12H,4-9H2,1-3H3/t10-,11-,12-/m0/s1. The smallest absolute Gasteiger partial charge is 0.305 e. The van der Waals surface area contributed by atoms with Gasteiger partial charge in [-0.3, -0.25) is 9.63 Å². The normalized spacial score (nSPS) is 26.1. The second kappa shape index (κ2) is 9.10. The third-order valence-electron chi connectivity index (χ3n) is 3.47. The fourth-order valence-electron chi connectivity index (χ4n) is 2.43. The molecule has 1 aliphatic heterocycles. The maximum atomic E-state index is 11.2. The monoisotopic (exact) mass is 385 g/mol. The number of carbonyl (C=O) groups excluding carboxylic acids is 1. The Balaban J connectivity index is 2.52. The van der Waals surface area contributed by atoms with Gasteiger partial charge in [0.05, 0.1) is 7.11 Å². The van der Waals surface area contributed by atoms with E-state index < -0.39 is 0 Å². The molecule has 0 unspecified atom stereocenters. The lowest BCUT2D eigenvalue weighted by molar-refractivity contribution is -0.264. The Morgan fingerprint density at radius 3 is 2.79 bits per heavy atom. The number of alkyl halides is 1. The third-order valence-corrected chi connectivity index (χ3v) is 4.93. The van der Waals surface area contributed by atoms with Crippen molar-refractivity contribution in [3.8, 4) is 0 Å². The number of piperidine rings is 1. The highest BCUT2D eigenvalue weighted by Gasteiger charge is 2.33. The van der Waals surface area contributed by atoms with Crippen molar-refractivity contribution in [2.45, 2.75) is 55.0 Å². The molecular formula is C13H24INO4. The van der Waals surface area contributed by atoms with Crippen molar-refractivity contribution in [2.24, 2.45) is 0 Å². The highest BCUT2D eigenvalue weighted by atomic mass is 127. The molecule has 1 saturated heterocycles. The van der Waals surface area contributed by atoms with E-state index in [1.54, 1.807) is 7.11 Å². The molecule has 0 aromatic heterocycles. The zero-order valence-electron chi connectivity index (χ0n) is 11.9. The van der Waals surface area contributed by atoms with Crippen molar-refractivity contribution in [1.29, 1.82) is 0 Å². The van der Waals surface area contributed by atoms with Gasteiger partial charge in [-0.1, -0.05) is 29.0 Å². The topological polar surface area (TPSA) is 48.0 Å². The molecule has 6 heteroatoms. The van der Waals surface area contributed by atoms with E-state index in [4.69, 9.17) is 14.3 Å². The summed E-state index contributed by atoms with van der Waals surface area (Å²) in [5.41, 5.74) is 0. The van der Waals surface area contributed by atoms with Crippen LogP contribution in [0.3, 0.4) is 0 Å². The molecule has 0 aromatic rings. The Kier molecular flexibility index (Phi) is 8.20. The van der Waals surface area contributed by atoms with E-state index >= 15 is 0 Å². The van der Waals surface area contributed by atoms with Gasteiger partial charge in [-0.25, -0.2) is 0 Å². The number of hydroxylamine groups is 2. The van der Waals surface area contributed by atoms with Crippen LogP contribution in [-0.4, -0.2) is 48.1 Å². The first-order chi connectivity index (χ1) is 9.10. The lowest BCUT2D eigenvalue weighted by Crippen LogP contribution is -2.49. The Bertz CT molecular complexity index is 277. The van der Waals surface area contributed by atoms with E-state index in [-0.39, 0.29) is 12.8 Å². The fourth-order valence-corrected chi connectivity index (χ4v) is 3.42. The van der Waals surface area contributed by atoms with Gasteiger partial charge in [0.1, 0.15) is 0 Å². The van der Waals surface area contributed by atoms with Gasteiger partial charge in [-0.15, -0.1) is 0 Å². The SMILES string of the molecule is COCON1[C@@H](C)CCC[C@H]1[C@@H](I)CCC(=O)OC. The van der Waals surface area contributed by atoms with Crippen LogP contribution in [0, 0.1) is 0 Å². The van der Waals surface area contributed by atoms with Crippen LogP contribution in [0.5, 0.6) is 0 Å². The number of carbonyl (C=O) groups is 1. The molecule has 0 bridgehead atoms. The van der Waals surface area contributed by atoms with Gasteiger partial charge >= 0.3 is 5.97 Å². The molecule has 0 aromatic carbocycles. The van der Waals surface area contributed by atoms with Crippen molar-refractivity contribution < 1.29 is 19.1 Å². The predicted molar refractivity (Wildman–Crippen MR) is 81.0 cm³/mol. The van der Waals surface area contributed by atoms with Crippen molar-refractivity contribution >= 4 is 28.6 Å². The molecule has 0 N–H and O–H groups in total. The molecule has 0 radical (unpaired) electrons. The van der Waals surface area contributed by atoms with Gasteiger partial charge in [-0.2, -0.15) is 5.06 Å². The fraction of sp³-hybridized carbons (Fsp3) is 0.923. The third kappa shape index (κ3) is 5.53. The van der Waals surface area contributed by atoms with Crippen molar-refractivity contribution in [3.05, 3.63) is 0 Å². The molecule has 5 nitrogen and oxygen atoms in total. The summed E-state index contributed by atoms with van der Waals surface area (Å²) in [6.45, 7) is 2.45. The van der Waals surface area contributed by atoms with E-state index in [0.29, 0.717) is 22.4 Å². The number of nitrogens with zero attached hydrogens (tertiary/aromatic N) is 1. The molecule has 1 fully saturated rings. The van der Waals surface area contributed by atoms with Gasteiger partial charge < -0.3 is 9.47 Å². The average molecular weight is 385 g/mol. The van der Waals surface area contributed by atoms with Gasteiger partial charge in [-0.05, 0) is 26.2 Å². The summed E-state index contributed by atoms with van der Waals surface area (Å²) in [7, 11) is 3.06. The molecule has 1 rings (SSSR count). The largest absolute Gasteiger partial charge is 0.469 e.